The number of carbonyl (C=O) groups excluding carboxylic acids is 1. The third kappa shape index (κ3) is 2.04. The quantitative estimate of drug-likeness (QED) is 0.480. The molecule has 1 aliphatic heterocycles. The first-order valence-electron chi connectivity index (χ1n) is 5.31. The number of esters is 1. The minimum atomic E-state index is -0.117. The van der Waals surface area contributed by atoms with Crippen LogP contribution in [0.25, 0.3) is 0 Å². The number of benzene rings is 1. The molecule has 1 aromatic carbocycles. The van der Waals surface area contributed by atoms with Crippen molar-refractivity contribution in [2.24, 2.45) is 0 Å². The average molecular weight is 204 g/mol. The molecule has 0 unspecified atom stereocenters. The monoisotopic (exact) mass is 204 g/mol. The summed E-state index contributed by atoms with van der Waals surface area (Å²) < 4.78 is 5.23. The summed E-state index contributed by atoms with van der Waals surface area (Å²) in [5.41, 5.74) is 2.44. The highest BCUT2D eigenvalue weighted by Gasteiger charge is 2.20. The van der Waals surface area contributed by atoms with Crippen LogP contribution in [-0.4, -0.2) is 5.97 Å². The Bertz CT molecular complexity index is 399. The van der Waals surface area contributed by atoms with Crippen LogP contribution in [0.5, 0.6) is 5.75 Å². The van der Waals surface area contributed by atoms with E-state index in [2.05, 4.69) is 32.9 Å². The van der Waals surface area contributed by atoms with E-state index in [9.17, 15) is 4.79 Å². The first kappa shape index (κ1) is 10.2. The Kier molecular flexibility index (Phi) is 2.29. The predicted molar refractivity (Wildman–Crippen MR) is 59.1 cm³/mol. The molecule has 0 saturated heterocycles. The molecule has 0 N–H and O–H groups in total. The molecule has 15 heavy (non-hydrogen) atoms. The number of rotatable bonds is 0. The molecule has 0 spiro atoms. The van der Waals surface area contributed by atoms with E-state index < -0.39 is 0 Å². The predicted octanol–water partition coefficient (Wildman–Crippen LogP) is 2.84. The van der Waals surface area contributed by atoms with E-state index in [-0.39, 0.29) is 11.4 Å². The van der Waals surface area contributed by atoms with Gasteiger partial charge >= 0.3 is 5.97 Å². The summed E-state index contributed by atoms with van der Waals surface area (Å²) >= 11 is 0. The lowest BCUT2D eigenvalue weighted by Gasteiger charge is -2.22. The van der Waals surface area contributed by atoms with Gasteiger partial charge in [-0.15, -0.1) is 0 Å². The lowest BCUT2D eigenvalue weighted by Crippen LogP contribution is -2.18. The second-order valence-corrected chi connectivity index (χ2v) is 5.05. The van der Waals surface area contributed by atoms with Crippen LogP contribution >= 0.6 is 0 Å². The van der Waals surface area contributed by atoms with E-state index in [1.54, 1.807) is 0 Å². The number of ether oxygens (including phenoxy) is 1. The molecule has 80 valence electrons. The molecule has 0 bridgehead atoms. The highest BCUT2D eigenvalue weighted by atomic mass is 16.5. The van der Waals surface area contributed by atoms with Crippen molar-refractivity contribution in [2.45, 2.75) is 39.0 Å². The van der Waals surface area contributed by atoms with Gasteiger partial charge in [0.2, 0.25) is 0 Å². The van der Waals surface area contributed by atoms with Gasteiger partial charge in [0.1, 0.15) is 5.75 Å². The number of carbonyl (C=O) groups is 1. The van der Waals surface area contributed by atoms with Crippen molar-refractivity contribution in [1.29, 1.82) is 0 Å². The van der Waals surface area contributed by atoms with Crippen molar-refractivity contribution in [3.63, 3.8) is 0 Å². The minimum absolute atomic E-state index is 0.0961. The van der Waals surface area contributed by atoms with E-state index in [0.29, 0.717) is 6.42 Å². The minimum Gasteiger partial charge on any atom is -0.426 e. The molecular formula is C13H16O2. The summed E-state index contributed by atoms with van der Waals surface area (Å²) in [4.78, 5) is 11.2. The number of aryl methyl sites for hydroxylation is 1. The molecule has 2 rings (SSSR count). The Labute approximate surface area is 90.3 Å². The van der Waals surface area contributed by atoms with Crippen LogP contribution in [0.15, 0.2) is 18.2 Å². The standard InChI is InChI=1S/C13H16O2/c1-13(2,3)10-6-4-9-5-7-12(14)15-11(9)8-10/h4,6,8H,5,7H2,1-3H3. The second kappa shape index (κ2) is 3.37. The number of fused-ring (bicyclic) bond motifs is 1. The van der Waals surface area contributed by atoms with Crippen LogP contribution < -0.4 is 4.74 Å². The van der Waals surface area contributed by atoms with Gasteiger partial charge in [-0.1, -0.05) is 32.9 Å². The maximum atomic E-state index is 11.2. The topological polar surface area (TPSA) is 26.3 Å². The fraction of sp³-hybridized carbons (Fsp3) is 0.462. The fourth-order valence-corrected chi connectivity index (χ4v) is 1.73. The van der Waals surface area contributed by atoms with Crippen LogP contribution in [0.4, 0.5) is 0 Å². The molecular weight excluding hydrogens is 188 g/mol. The maximum Gasteiger partial charge on any atom is 0.311 e. The lowest BCUT2D eigenvalue weighted by atomic mass is 9.86. The van der Waals surface area contributed by atoms with Crippen molar-refractivity contribution in [3.8, 4) is 5.75 Å². The van der Waals surface area contributed by atoms with Crippen molar-refractivity contribution in [2.75, 3.05) is 0 Å². The Hall–Kier alpha value is -1.31. The fourth-order valence-electron chi connectivity index (χ4n) is 1.73. The third-order valence-electron chi connectivity index (χ3n) is 2.76. The largest absolute Gasteiger partial charge is 0.426 e. The molecule has 0 saturated carbocycles. The van der Waals surface area contributed by atoms with Crippen molar-refractivity contribution < 1.29 is 9.53 Å². The first-order chi connectivity index (χ1) is 6.97. The molecule has 0 fully saturated rings. The molecule has 0 aromatic heterocycles. The van der Waals surface area contributed by atoms with Crippen LogP contribution in [0, 0.1) is 0 Å². The first-order valence-corrected chi connectivity index (χ1v) is 5.31. The number of hydrogen-bond acceptors (Lipinski definition) is 2. The zero-order valence-electron chi connectivity index (χ0n) is 9.46. The normalized spacial score (nSPS) is 15.8. The Morgan fingerprint density at radius 1 is 1.20 bits per heavy atom. The van der Waals surface area contributed by atoms with Crippen molar-refractivity contribution >= 4 is 5.97 Å². The molecule has 0 aliphatic carbocycles. The summed E-state index contributed by atoms with van der Waals surface area (Å²) in [7, 11) is 0. The molecule has 0 radical (unpaired) electrons. The van der Waals surface area contributed by atoms with Gasteiger partial charge in [-0.05, 0) is 29.0 Å². The molecule has 1 aliphatic rings. The zero-order valence-corrected chi connectivity index (χ0v) is 9.46. The maximum absolute atomic E-state index is 11.2. The summed E-state index contributed by atoms with van der Waals surface area (Å²) in [5.74, 6) is 0.632. The van der Waals surface area contributed by atoms with Crippen LogP contribution in [0.1, 0.15) is 38.3 Å². The molecule has 2 nitrogen and oxygen atoms in total. The van der Waals surface area contributed by atoms with Gasteiger partial charge in [-0.2, -0.15) is 0 Å². The molecule has 0 atom stereocenters. The SMILES string of the molecule is CC(C)(C)c1ccc2c(c1)OC(=O)CC2. The molecule has 1 heterocycles. The zero-order chi connectivity index (χ0) is 11.1. The summed E-state index contributed by atoms with van der Waals surface area (Å²) in [6, 6.07) is 6.19. The second-order valence-electron chi connectivity index (χ2n) is 5.05. The Morgan fingerprint density at radius 3 is 2.60 bits per heavy atom. The average Bonchev–Trinajstić information content (AvgIpc) is 2.15. The number of hydrogen-bond donors (Lipinski definition) is 0. The molecule has 0 amide bonds. The summed E-state index contributed by atoms with van der Waals surface area (Å²) in [6.07, 6.45) is 1.31. The van der Waals surface area contributed by atoms with Crippen molar-refractivity contribution in [3.05, 3.63) is 29.3 Å². The van der Waals surface area contributed by atoms with Gasteiger partial charge in [0.25, 0.3) is 0 Å². The Balaban J connectivity index is 2.41. The van der Waals surface area contributed by atoms with Gasteiger partial charge in [0.15, 0.2) is 0 Å². The highest BCUT2D eigenvalue weighted by molar-refractivity contribution is 5.75. The van der Waals surface area contributed by atoms with E-state index in [1.807, 2.05) is 6.07 Å². The van der Waals surface area contributed by atoms with Crippen LogP contribution in [0.2, 0.25) is 0 Å². The molecule has 1 aromatic rings. The van der Waals surface area contributed by atoms with E-state index in [4.69, 9.17) is 4.74 Å². The summed E-state index contributed by atoms with van der Waals surface area (Å²) in [5, 5.41) is 0. The van der Waals surface area contributed by atoms with E-state index in [1.165, 1.54) is 5.56 Å². The Morgan fingerprint density at radius 2 is 1.93 bits per heavy atom. The molecule has 2 heteroatoms. The van der Waals surface area contributed by atoms with Gasteiger partial charge in [0, 0.05) is 0 Å². The van der Waals surface area contributed by atoms with Crippen LogP contribution in [0.3, 0.4) is 0 Å². The lowest BCUT2D eigenvalue weighted by molar-refractivity contribution is -0.135. The van der Waals surface area contributed by atoms with Gasteiger partial charge < -0.3 is 4.74 Å². The highest BCUT2D eigenvalue weighted by Crippen LogP contribution is 2.31. The van der Waals surface area contributed by atoms with E-state index in [0.717, 1.165) is 17.7 Å². The van der Waals surface area contributed by atoms with Crippen LogP contribution in [-0.2, 0) is 16.6 Å². The van der Waals surface area contributed by atoms with Crippen molar-refractivity contribution in [1.82, 2.24) is 0 Å². The van der Waals surface area contributed by atoms with E-state index >= 15 is 0 Å². The third-order valence-corrected chi connectivity index (χ3v) is 2.76. The smallest absolute Gasteiger partial charge is 0.311 e. The van der Waals surface area contributed by atoms with Gasteiger partial charge in [0.05, 0.1) is 6.42 Å². The van der Waals surface area contributed by atoms with Gasteiger partial charge in [-0.3, -0.25) is 4.79 Å². The van der Waals surface area contributed by atoms with Gasteiger partial charge in [-0.25, -0.2) is 0 Å². The summed E-state index contributed by atoms with van der Waals surface area (Å²) in [6.45, 7) is 6.46.